The van der Waals surface area contributed by atoms with Crippen LogP contribution in [-0.2, 0) is 11.2 Å². The van der Waals surface area contributed by atoms with Gasteiger partial charge in [-0.25, -0.2) is 19.0 Å². The highest BCUT2D eigenvalue weighted by Crippen LogP contribution is 2.34. The first-order valence-electron chi connectivity index (χ1n) is 11.9. The van der Waals surface area contributed by atoms with Crippen molar-refractivity contribution < 1.29 is 9.18 Å². The Labute approximate surface area is 208 Å². The van der Waals surface area contributed by atoms with Crippen molar-refractivity contribution in [2.75, 3.05) is 18.0 Å². The molecule has 9 nitrogen and oxygen atoms in total. The van der Waals surface area contributed by atoms with Crippen molar-refractivity contribution in [3.63, 3.8) is 0 Å². The highest BCUT2D eigenvalue weighted by atomic mass is 19.1. The zero-order chi connectivity index (χ0) is 25.4. The SMILES string of the molecule is Cc1cc(Cc2cc(C)[nH]n2)nc(N2CC(C)(C(=O)N[C@@H](C)c3ccc(-n4cc(F)cn4)nc3)C2)c1. The Kier molecular flexibility index (Phi) is 6.03. The molecule has 36 heavy (non-hydrogen) atoms. The molecular formula is C26H29FN8O. The molecule has 1 saturated heterocycles. The second-order valence-electron chi connectivity index (χ2n) is 9.88. The Bertz CT molecular complexity index is 1390. The van der Waals surface area contributed by atoms with Crippen molar-refractivity contribution >= 4 is 11.7 Å². The summed E-state index contributed by atoms with van der Waals surface area (Å²) in [6.07, 6.45) is 4.73. The Hall–Kier alpha value is -4.08. The van der Waals surface area contributed by atoms with Gasteiger partial charge in [0.05, 0.1) is 29.5 Å². The normalized spacial score (nSPS) is 15.4. The van der Waals surface area contributed by atoms with Gasteiger partial charge in [-0.3, -0.25) is 9.89 Å². The predicted molar refractivity (Wildman–Crippen MR) is 133 cm³/mol. The molecule has 5 heterocycles. The van der Waals surface area contributed by atoms with E-state index < -0.39 is 11.2 Å². The average Bonchev–Trinajstić information content (AvgIpc) is 3.44. The molecule has 0 spiro atoms. The predicted octanol–water partition coefficient (Wildman–Crippen LogP) is 3.44. The first kappa shape index (κ1) is 23.7. The smallest absolute Gasteiger partial charge is 0.230 e. The number of nitrogens with one attached hydrogen (secondary N) is 2. The fourth-order valence-corrected chi connectivity index (χ4v) is 4.49. The van der Waals surface area contributed by atoms with E-state index in [1.807, 2.05) is 32.9 Å². The second-order valence-corrected chi connectivity index (χ2v) is 9.88. The third-order valence-corrected chi connectivity index (χ3v) is 6.49. The fraction of sp³-hybridized carbons (Fsp3) is 0.346. The van der Waals surface area contributed by atoms with Crippen molar-refractivity contribution in [2.24, 2.45) is 5.41 Å². The van der Waals surface area contributed by atoms with Crippen LogP contribution in [0.4, 0.5) is 10.2 Å². The van der Waals surface area contributed by atoms with Crippen molar-refractivity contribution in [3.8, 4) is 5.82 Å². The lowest BCUT2D eigenvalue weighted by molar-refractivity contribution is -0.132. The van der Waals surface area contributed by atoms with Crippen LogP contribution < -0.4 is 10.2 Å². The number of pyridine rings is 2. The van der Waals surface area contributed by atoms with Crippen molar-refractivity contribution in [2.45, 2.75) is 40.2 Å². The lowest BCUT2D eigenvalue weighted by atomic mass is 9.80. The first-order chi connectivity index (χ1) is 17.2. The van der Waals surface area contributed by atoms with Crippen molar-refractivity contribution in [1.82, 2.24) is 35.3 Å². The Morgan fingerprint density at radius 2 is 1.97 bits per heavy atom. The topological polar surface area (TPSA) is 105 Å². The highest BCUT2D eigenvalue weighted by Gasteiger charge is 2.46. The molecule has 0 saturated carbocycles. The number of halogens is 1. The molecule has 0 radical (unpaired) electrons. The van der Waals surface area contributed by atoms with Crippen LogP contribution in [0.2, 0.25) is 0 Å². The minimum Gasteiger partial charge on any atom is -0.354 e. The molecule has 0 aliphatic carbocycles. The Morgan fingerprint density at radius 3 is 2.61 bits per heavy atom. The van der Waals surface area contributed by atoms with Crippen LogP contribution in [-0.4, -0.2) is 48.9 Å². The summed E-state index contributed by atoms with van der Waals surface area (Å²) < 4.78 is 14.6. The number of nitrogens with zero attached hydrogens (tertiary/aromatic N) is 6. The summed E-state index contributed by atoms with van der Waals surface area (Å²) in [5.74, 6) is 0.958. The van der Waals surface area contributed by atoms with Crippen molar-refractivity contribution in [1.29, 1.82) is 0 Å². The number of anilines is 1. The van der Waals surface area contributed by atoms with E-state index >= 15 is 0 Å². The number of aryl methyl sites for hydroxylation is 2. The van der Waals surface area contributed by atoms with Gasteiger partial charge in [-0.2, -0.15) is 10.2 Å². The van der Waals surface area contributed by atoms with Gasteiger partial charge >= 0.3 is 0 Å². The molecular weight excluding hydrogens is 459 g/mol. The van der Waals surface area contributed by atoms with Crippen LogP contribution in [0.3, 0.4) is 0 Å². The van der Waals surface area contributed by atoms with Crippen LogP contribution in [0.5, 0.6) is 0 Å². The summed E-state index contributed by atoms with van der Waals surface area (Å²) >= 11 is 0. The Morgan fingerprint density at radius 1 is 1.17 bits per heavy atom. The molecule has 10 heteroatoms. The summed E-state index contributed by atoms with van der Waals surface area (Å²) in [6, 6.07) is 9.54. The zero-order valence-corrected chi connectivity index (χ0v) is 20.8. The number of hydrogen-bond acceptors (Lipinski definition) is 6. The number of aromatic nitrogens is 6. The zero-order valence-electron chi connectivity index (χ0n) is 20.8. The van der Waals surface area contributed by atoms with Crippen LogP contribution >= 0.6 is 0 Å². The summed E-state index contributed by atoms with van der Waals surface area (Å²) in [7, 11) is 0. The van der Waals surface area contributed by atoms with Crippen LogP contribution in [0, 0.1) is 25.1 Å². The molecule has 4 aromatic heterocycles. The van der Waals surface area contributed by atoms with E-state index in [0.717, 1.165) is 40.2 Å². The maximum atomic E-state index is 13.2. The van der Waals surface area contributed by atoms with E-state index in [1.165, 1.54) is 10.9 Å². The average molecular weight is 489 g/mol. The molecule has 1 aliphatic rings. The maximum absolute atomic E-state index is 13.2. The van der Waals surface area contributed by atoms with Gasteiger partial charge in [-0.15, -0.1) is 0 Å². The lowest BCUT2D eigenvalue weighted by Gasteiger charge is -2.47. The van der Waals surface area contributed by atoms with Crippen LogP contribution in [0.25, 0.3) is 5.82 Å². The number of rotatable bonds is 7. The molecule has 4 aromatic rings. The van der Waals surface area contributed by atoms with Gasteiger partial charge in [0.15, 0.2) is 11.6 Å². The molecule has 186 valence electrons. The van der Waals surface area contributed by atoms with E-state index in [-0.39, 0.29) is 11.9 Å². The highest BCUT2D eigenvalue weighted by molar-refractivity contribution is 5.86. The number of aromatic amines is 1. The minimum absolute atomic E-state index is 0.00986. The molecule has 2 N–H and O–H groups in total. The molecule has 0 unspecified atom stereocenters. The summed E-state index contributed by atoms with van der Waals surface area (Å²) in [4.78, 5) is 24.4. The van der Waals surface area contributed by atoms with E-state index in [4.69, 9.17) is 4.98 Å². The third kappa shape index (κ3) is 4.84. The van der Waals surface area contributed by atoms with Crippen LogP contribution in [0.15, 0.2) is 48.9 Å². The van der Waals surface area contributed by atoms with E-state index in [0.29, 0.717) is 25.3 Å². The maximum Gasteiger partial charge on any atom is 0.230 e. The molecule has 1 atom stereocenters. The summed E-state index contributed by atoms with van der Waals surface area (Å²) in [5.41, 5.74) is 4.41. The Balaban J connectivity index is 1.20. The van der Waals surface area contributed by atoms with Gasteiger partial charge in [0.1, 0.15) is 5.82 Å². The molecule has 1 fully saturated rings. The molecule has 0 aromatic carbocycles. The molecule has 1 amide bonds. The number of carbonyl (C=O) groups is 1. The minimum atomic E-state index is -0.515. The quantitative estimate of drug-likeness (QED) is 0.413. The fourth-order valence-electron chi connectivity index (χ4n) is 4.49. The molecule has 0 bridgehead atoms. The molecule has 1 aliphatic heterocycles. The van der Waals surface area contributed by atoms with E-state index in [1.54, 1.807) is 12.3 Å². The standard InChI is InChI=1S/C26H29FN8O/c1-16-7-21(10-22-9-17(2)32-33-22)31-24(8-16)34-14-26(4,15-34)25(36)30-18(3)19-5-6-23(28-11-19)35-13-20(27)12-29-35/h5-9,11-13,18H,10,14-15H2,1-4H3,(H,30,36)(H,32,33)/t18-/m0/s1. The van der Waals surface area contributed by atoms with Crippen molar-refractivity contribution in [3.05, 3.63) is 82.9 Å². The number of hydrogen-bond donors (Lipinski definition) is 2. The van der Waals surface area contributed by atoms with Crippen LogP contribution in [0.1, 0.15) is 48.1 Å². The summed E-state index contributed by atoms with van der Waals surface area (Å²) in [6.45, 7) is 9.11. The number of H-pyrrole nitrogens is 1. The van der Waals surface area contributed by atoms with Gasteiger partial charge in [0.2, 0.25) is 5.91 Å². The molecule has 5 rings (SSSR count). The van der Waals surface area contributed by atoms with E-state index in [2.05, 4.69) is 49.6 Å². The van der Waals surface area contributed by atoms with Gasteiger partial charge in [-0.05, 0) is 63.1 Å². The largest absolute Gasteiger partial charge is 0.354 e. The second kappa shape index (κ2) is 9.18. The van der Waals surface area contributed by atoms with Gasteiger partial charge in [0, 0.05) is 37.1 Å². The van der Waals surface area contributed by atoms with Gasteiger partial charge in [0.25, 0.3) is 0 Å². The monoisotopic (exact) mass is 488 g/mol. The number of carbonyl (C=O) groups excluding carboxylic acids is 1. The lowest BCUT2D eigenvalue weighted by Crippen LogP contribution is -2.62. The number of amides is 1. The van der Waals surface area contributed by atoms with E-state index in [9.17, 15) is 9.18 Å². The van der Waals surface area contributed by atoms with Gasteiger partial charge < -0.3 is 10.2 Å². The summed E-state index contributed by atoms with van der Waals surface area (Å²) in [5, 5.41) is 14.3. The third-order valence-electron chi connectivity index (χ3n) is 6.49. The first-order valence-corrected chi connectivity index (χ1v) is 11.9. The van der Waals surface area contributed by atoms with Gasteiger partial charge in [-0.1, -0.05) is 6.07 Å².